The molecule has 7 heteroatoms. The summed E-state index contributed by atoms with van der Waals surface area (Å²) in [6, 6.07) is 11.3. The Hall–Kier alpha value is -3.35. The summed E-state index contributed by atoms with van der Waals surface area (Å²) in [5.41, 5.74) is 1.65. The number of amides is 2. The Morgan fingerprint density at radius 2 is 2.07 bits per heavy atom. The lowest BCUT2D eigenvalue weighted by atomic mass is 10.2. The second-order valence-corrected chi connectivity index (χ2v) is 6.29. The van der Waals surface area contributed by atoms with E-state index >= 15 is 0 Å². The normalized spacial score (nSPS) is 10.5. The van der Waals surface area contributed by atoms with Crippen molar-refractivity contribution < 1.29 is 9.53 Å². The first-order valence-electron chi connectivity index (χ1n) is 9.38. The third-order valence-corrected chi connectivity index (χ3v) is 4.24. The van der Waals surface area contributed by atoms with Crippen molar-refractivity contribution in [2.24, 2.45) is 0 Å². The van der Waals surface area contributed by atoms with Gasteiger partial charge in [-0.2, -0.15) is 0 Å². The minimum Gasteiger partial charge on any atom is -0.494 e. The van der Waals surface area contributed by atoms with Crippen molar-refractivity contribution in [2.75, 3.05) is 18.5 Å². The zero-order chi connectivity index (χ0) is 19.6. The van der Waals surface area contributed by atoms with Gasteiger partial charge in [0.2, 0.25) is 0 Å². The van der Waals surface area contributed by atoms with Crippen LogP contribution in [0.5, 0.6) is 5.75 Å². The average Bonchev–Trinajstić information content (AvgIpc) is 3.23. The molecule has 0 aliphatic rings. The van der Waals surface area contributed by atoms with Gasteiger partial charge in [-0.15, -0.1) is 0 Å². The van der Waals surface area contributed by atoms with Crippen LogP contribution < -0.4 is 10.1 Å². The van der Waals surface area contributed by atoms with Crippen LogP contribution in [0.3, 0.4) is 0 Å². The molecule has 3 aromatic rings. The van der Waals surface area contributed by atoms with Crippen molar-refractivity contribution in [3.63, 3.8) is 0 Å². The van der Waals surface area contributed by atoms with Crippen LogP contribution in [-0.4, -0.2) is 38.6 Å². The molecule has 0 saturated carbocycles. The molecule has 146 valence electrons. The van der Waals surface area contributed by atoms with Crippen molar-refractivity contribution in [1.29, 1.82) is 0 Å². The van der Waals surface area contributed by atoms with Crippen LogP contribution in [0.4, 0.5) is 10.5 Å². The number of nitrogens with zero attached hydrogens (tertiary/aromatic N) is 4. The zero-order valence-corrected chi connectivity index (χ0v) is 16.0. The van der Waals surface area contributed by atoms with Crippen LogP contribution >= 0.6 is 0 Å². The van der Waals surface area contributed by atoms with Crippen LogP contribution in [-0.2, 0) is 13.1 Å². The first kappa shape index (κ1) is 19.4. The SMILES string of the molecule is CCOc1ccccc1CN(CCCn1ccnc1)C(=O)Nc1cccnc1. The van der Waals surface area contributed by atoms with Crippen LogP contribution in [0, 0.1) is 0 Å². The summed E-state index contributed by atoms with van der Waals surface area (Å²) in [5, 5.41) is 2.92. The van der Waals surface area contributed by atoms with Crippen LogP contribution in [0.25, 0.3) is 0 Å². The molecule has 2 amide bonds. The van der Waals surface area contributed by atoms with E-state index in [2.05, 4.69) is 15.3 Å². The Morgan fingerprint density at radius 3 is 2.82 bits per heavy atom. The lowest BCUT2D eigenvalue weighted by Crippen LogP contribution is -2.35. The summed E-state index contributed by atoms with van der Waals surface area (Å²) in [6.07, 6.45) is 9.58. The lowest BCUT2D eigenvalue weighted by Gasteiger charge is -2.24. The minimum absolute atomic E-state index is 0.162. The van der Waals surface area contributed by atoms with Crippen molar-refractivity contribution in [3.8, 4) is 5.75 Å². The van der Waals surface area contributed by atoms with Crippen LogP contribution in [0.15, 0.2) is 67.5 Å². The molecule has 1 N–H and O–H groups in total. The van der Waals surface area contributed by atoms with Gasteiger partial charge < -0.3 is 19.5 Å². The molecule has 7 nitrogen and oxygen atoms in total. The number of hydrogen-bond acceptors (Lipinski definition) is 4. The van der Waals surface area contributed by atoms with Crippen molar-refractivity contribution >= 4 is 11.7 Å². The zero-order valence-electron chi connectivity index (χ0n) is 16.0. The molecular formula is C21H25N5O2. The summed E-state index contributed by atoms with van der Waals surface area (Å²) in [7, 11) is 0. The molecule has 3 rings (SSSR count). The molecule has 28 heavy (non-hydrogen) atoms. The van der Waals surface area contributed by atoms with Crippen LogP contribution in [0.1, 0.15) is 18.9 Å². The number of nitrogens with one attached hydrogen (secondary N) is 1. The number of urea groups is 1. The molecule has 0 radical (unpaired) electrons. The minimum atomic E-state index is -0.162. The molecule has 0 spiro atoms. The van der Waals surface area contributed by atoms with E-state index in [-0.39, 0.29) is 6.03 Å². The van der Waals surface area contributed by atoms with E-state index in [9.17, 15) is 4.79 Å². The number of carbonyl (C=O) groups excluding carboxylic acids is 1. The van der Waals surface area contributed by atoms with Crippen molar-refractivity contribution in [1.82, 2.24) is 19.4 Å². The maximum Gasteiger partial charge on any atom is 0.322 e. The summed E-state index contributed by atoms with van der Waals surface area (Å²) in [4.78, 5) is 22.8. The number of aryl methyl sites for hydroxylation is 1. The van der Waals surface area contributed by atoms with E-state index < -0.39 is 0 Å². The van der Waals surface area contributed by atoms with Gasteiger partial charge in [-0.3, -0.25) is 4.98 Å². The molecule has 0 atom stereocenters. The number of benzene rings is 1. The van der Waals surface area contributed by atoms with Gasteiger partial charge in [-0.1, -0.05) is 18.2 Å². The maximum absolute atomic E-state index is 12.9. The quantitative estimate of drug-likeness (QED) is 0.614. The van der Waals surface area contributed by atoms with E-state index in [0.29, 0.717) is 25.4 Å². The summed E-state index contributed by atoms with van der Waals surface area (Å²) < 4.78 is 7.72. The number of rotatable bonds is 9. The van der Waals surface area contributed by atoms with Gasteiger partial charge in [0.05, 0.1) is 31.4 Å². The number of anilines is 1. The molecule has 1 aromatic carbocycles. The Labute approximate surface area is 165 Å². The Morgan fingerprint density at radius 1 is 1.18 bits per heavy atom. The molecular weight excluding hydrogens is 354 g/mol. The second kappa shape index (κ2) is 10.1. The van der Waals surface area contributed by atoms with E-state index in [1.54, 1.807) is 35.9 Å². The number of hydrogen-bond donors (Lipinski definition) is 1. The Bertz CT molecular complexity index is 852. The van der Waals surface area contributed by atoms with Gasteiger partial charge in [0.25, 0.3) is 0 Å². The van der Waals surface area contributed by atoms with Crippen molar-refractivity contribution in [2.45, 2.75) is 26.4 Å². The standard InChI is InChI=1S/C21H25N5O2/c1-2-28-20-9-4-3-7-18(20)16-26(13-6-12-25-14-11-23-17-25)21(27)24-19-8-5-10-22-15-19/h3-5,7-11,14-15,17H,2,6,12-13,16H2,1H3,(H,24,27). The van der Waals surface area contributed by atoms with Gasteiger partial charge in [-0.05, 0) is 31.5 Å². The third kappa shape index (κ3) is 5.57. The summed E-state index contributed by atoms with van der Waals surface area (Å²) >= 11 is 0. The van der Waals surface area contributed by atoms with E-state index in [4.69, 9.17) is 4.74 Å². The molecule has 2 aromatic heterocycles. The molecule has 0 unspecified atom stereocenters. The maximum atomic E-state index is 12.9. The highest BCUT2D eigenvalue weighted by Crippen LogP contribution is 2.20. The van der Waals surface area contributed by atoms with Gasteiger partial charge in [0.1, 0.15) is 5.75 Å². The fourth-order valence-corrected chi connectivity index (χ4v) is 2.89. The fourth-order valence-electron chi connectivity index (χ4n) is 2.89. The monoisotopic (exact) mass is 379 g/mol. The first-order chi connectivity index (χ1) is 13.8. The number of pyridine rings is 1. The highest BCUT2D eigenvalue weighted by Gasteiger charge is 2.16. The fraction of sp³-hybridized carbons (Fsp3) is 0.286. The Balaban J connectivity index is 1.70. The van der Waals surface area contributed by atoms with Gasteiger partial charge in [0, 0.05) is 37.2 Å². The van der Waals surface area contributed by atoms with Gasteiger partial charge in [0.15, 0.2) is 0 Å². The first-order valence-corrected chi connectivity index (χ1v) is 9.38. The molecule has 0 saturated heterocycles. The molecule has 0 bridgehead atoms. The second-order valence-electron chi connectivity index (χ2n) is 6.29. The topological polar surface area (TPSA) is 72.3 Å². The summed E-state index contributed by atoms with van der Waals surface area (Å²) in [5.74, 6) is 0.804. The summed E-state index contributed by atoms with van der Waals surface area (Å²) in [6.45, 7) is 4.40. The van der Waals surface area contributed by atoms with Gasteiger partial charge in [-0.25, -0.2) is 9.78 Å². The van der Waals surface area contributed by atoms with E-state index in [1.807, 2.05) is 48.0 Å². The predicted octanol–water partition coefficient (Wildman–Crippen LogP) is 3.80. The highest BCUT2D eigenvalue weighted by molar-refractivity contribution is 5.89. The number of ether oxygens (including phenoxy) is 1. The number of imidazole rings is 1. The van der Waals surface area contributed by atoms with E-state index in [0.717, 1.165) is 24.3 Å². The number of aromatic nitrogens is 3. The third-order valence-electron chi connectivity index (χ3n) is 4.24. The average molecular weight is 379 g/mol. The van der Waals surface area contributed by atoms with E-state index in [1.165, 1.54) is 0 Å². The lowest BCUT2D eigenvalue weighted by molar-refractivity contribution is 0.206. The number of carbonyl (C=O) groups is 1. The predicted molar refractivity (Wildman–Crippen MR) is 108 cm³/mol. The smallest absolute Gasteiger partial charge is 0.322 e. The number of para-hydroxylation sites is 1. The van der Waals surface area contributed by atoms with Crippen LogP contribution in [0.2, 0.25) is 0 Å². The van der Waals surface area contributed by atoms with Gasteiger partial charge >= 0.3 is 6.03 Å². The molecule has 2 heterocycles. The Kier molecular flexibility index (Phi) is 7.01. The highest BCUT2D eigenvalue weighted by atomic mass is 16.5. The molecule has 0 fully saturated rings. The molecule has 0 aliphatic carbocycles. The largest absolute Gasteiger partial charge is 0.494 e. The molecule has 0 aliphatic heterocycles. The van der Waals surface area contributed by atoms with Crippen molar-refractivity contribution in [3.05, 3.63) is 73.1 Å².